The van der Waals surface area contributed by atoms with Crippen molar-refractivity contribution in [2.45, 2.75) is 10.8 Å². The molecule has 2 heterocycles. The molecule has 16 heavy (non-hydrogen) atoms. The van der Waals surface area contributed by atoms with Crippen LogP contribution in [-0.2, 0) is 12.8 Å². The summed E-state index contributed by atoms with van der Waals surface area (Å²) < 4.78 is 6.69. The van der Waals surface area contributed by atoms with Gasteiger partial charge in [0.25, 0.3) is 0 Å². The van der Waals surface area contributed by atoms with Crippen molar-refractivity contribution >= 4 is 17.7 Å². The maximum Gasteiger partial charge on any atom is 0.371 e. The Bertz CT molecular complexity index is 506. The van der Waals surface area contributed by atoms with E-state index in [0.29, 0.717) is 10.8 Å². The van der Waals surface area contributed by atoms with Gasteiger partial charge in [-0.2, -0.15) is 0 Å². The van der Waals surface area contributed by atoms with Crippen molar-refractivity contribution in [1.82, 2.24) is 15.0 Å². The summed E-state index contributed by atoms with van der Waals surface area (Å²) in [5, 5.41) is 16.9. The van der Waals surface area contributed by atoms with Crippen molar-refractivity contribution in [3.8, 4) is 0 Å². The molecule has 0 bridgehead atoms. The lowest BCUT2D eigenvalue weighted by atomic mass is 10.5. The molecule has 0 aromatic carbocycles. The Morgan fingerprint density at radius 1 is 1.62 bits per heavy atom. The second-order valence-corrected chi connectivity index (χ2v) is 4.08. The Hall–Kier alpha value is -1.76. The molecule has 2 rings (SSSR count). The van der Waals surface area contributed by atoms with E-state index in [-0.39, 0.29) is 5.76 Å². The molecule has 0 fully saturated rings. The molecule has 0 saturated heterocycles. The van der Waals surface area contributed by atoms with Crippen molar-refractivity contribution < 1.29 is 14.3 Å². The molecule has 2 aromatic rings. The smallest absolute Gasteiger partial charge is 0.371 e. The van der Waals surface area contributed by atoms with Crippen molar-refractivity contribution in [2.75, 3.05) is 0 Å². The van der Waals surface area contributed by atoms with Gasteiger partial charge >= 0.3 is 5.97 Å². The standard InChI is InChI=1S/C9H9N3O3S/c1-12-4-6(10-11-12)5-16-8-3-2-7(15-8)9(13)14/h2-4H,5H2,1H3,(H,13,14). The summed E-state index contributed by atoms with van der Waals surface area (Å²) in [5.74, 6) is -0.520. The van der Waals surface area contributed by atoms with Gasteiger partial charge in [0.2, 0.25) is 5.76 Å². The third-order valence-corrected chi connectivity index (χ3v) is 2.75. The SMILES string of the molecule is Cn1cc(CSc2ccc(C(=O)O)o2)nn1. The molecular formula is C9H9N3O3S. The highest BCUT2D eigenvalue weighted by atomic mass is 32.2. The van der Waals surface area contributed by atoms with E-state index in [4.69, 9.17) is 9.52 Å². The largest absolute Gasteiger partial charge is 0.475 e. The molecule has 1 N–H and O–H groups in total. The van der Waals surface area contributed by atoms with Gasteiger partial charge in [-0.15, -0.1) is 5.10 Å². The highest BCUT2D eigenvalue weighted by molar-refractivity contribution is 7.98. The van der Waals surface area contributed by atoms with E-state index in [0.717, 1.165) is 5.69 Å². The number of aromatic carboxylic acids is 1. The molecule has 0 aliphatic heterocycles. The summed E-state index contributed by atoms with van der Waals surface area (Å²) in [6.07, 6.45) is 1.80. The van der Waals surface area contributed by atoms with Gasteiger partial charge in [-0.25, -0.2) is 4.79 Å². The molecule has 0 aliphatic rings. The van der Waals surface area contributed by atoms with Crippen LogP contribution < -0.4 is 0 Å². The first kappa shape index (κ1) is 10.7. The minimum Gasteiger partial charge on any atom is -0.475 e. The predicted octanol–water partition coefficient (Wildman–Crippen LogP) is 1.40. The number of aryl methyl sites for hydroxylation is 1. The molecule has 0 spiro atoms. The Morgan fingerprint density at radius 2 is 2.44 bits per heavy atom. The first-order valence-electron chi connectivity index (χ1n) is 4.46. The molecule has 0 aliphatic carbocycles. The van der Waals surface area contributed by atoms with Crippen LogP contribution in [0.25, 0.3) is 0 Å². The first-order valence-corrected chi connectivity index (χ1v) is 5.45. The maximum absolute atomic E-state index is 10.6. The average molecular weight is 239 g/mol. The fourth-order valence-corrected chi connectivity index (χ4v) is 1.85. The van der Waals surface area contributed by atoms with Crippen LogP contribution in [0.15, 0.2) is 27.8 Å². The van der Waals surface area contributed by atoms with Gasteiger partial charge in [0.05, 0.1) is 5.69 Å². The summed E-state index contributed by atoms with van der Waals surface area (Å²) >= 11 is 1.38. The Morgan fingerprint density at radius 3 is 3.00 bits per heavy atom. The summed E-state index contributed by atoms with van der Waals surface area (Å²) in [4.78, 5) is 10.6. The number of aromatic nitrogens is 3. The van der Waals surface area contributed by atoms with Crippen LogP contribution in [-0.4, -0.2) is 26.1 Å². The van der Waals surface area contributed by atoms with Gasteiger partial charge in [-0.05, 0) is 12.1 Å². The van der Waals surface area contributed by atoms with Crippen molar-refractivity contribution in [3.05, 3.63) is 29.8 Å². The van der Waals surface area contributed by atoms with Crippen molar-refractivity contribution in [1.29, 1.82) is 0 Å². The highest BCUT2D eigenvalue weighted by Crippen LogP contribution is 2.23. The van der Waals surface area contributed by atoms with Crippen molar-refractivity contribution in [2.24, 2.45) is 7.05 Å². The number of hydrogen-bond acceptors (Lipinski definition) is 5. The zero-order chi connectivity index (χ0) is 11.5. The van der Waals surface area contributed by atoms with E-state index in [9.17, 15) is 4.79 Å². The van der Waals surface area contributed by atoms with Crippen molar-refractivity contribution in [3.63, 3.8) is 0 Å². The molecule has 0 radical (unpaired) electrons. The van der Waals surface area contributed by atoms with Crippen LogP contribution in [0, 0.1) is 0 Å². The molecule has 0 amide bonds. The molecule has 6 nitrogen and oxygen atoms in total. The van der Waals surface area contributed by atoms with Crippen LogP contribution in [0.2, 0.25) is 0 Å². The Balaban J connectivity index is 1.97. The summed E-state index contributed by atoms with van der Waals surface area (Å²) in [7, 11) is 1.79. The monoisotopic (exact) mass is 239 g/mol. The second-order valence-electron chi connectivity index (χ2n) is 3.10. The van der Waals surface area contributed by atoms with Gasteiger partial charge in [0.15, 0.2) is 5.09 Å². The van der Waals surface area contributed by atoms with Gasteiger partial charge in [-0.3, -0.25) is 4.68 Å². The lowest BCUT2D eigenvalue weighted by Crippen LogP contribution is -1.91. The molecule has 0 atom stereocenters. The van der Waals surface area contributed by atoms with E-state index >= 15 is 0 Å². The molecule has 84 valence electrons. The number of hydrogen-bond donors (Lipinski definition) is 1. The third kappa shape index (κ3) is 2.43. The Kier molecular flexibility index (Phi) is 2.95. The number of rotatable bonds is 4. The number of carboxylic acid groups (broad SMARTS) is 1. The summed E-state index contributed by atoms with van der Waals surface area (Å²) in [5.41, 5.74) is 0.820. The lowest BCUT2D eigenvalue weighted by Gasteiger charge is -1.92. The van der Waals surface area contributed by atoms with Crippen LogP contribution in [0.5, 0.6) is 0 Å². The van der Waals surface area contributed by atoms with E-state index in [1.807, 2.05) is 0 Å². The molecule has 0 unspecified atom stereocenters. The predicted molar refractivity (Wildman–Crippen MR) is 56.2 cm³/mol. The van der Waals surface area contributed by atoms with Gasteiger partial charge in [0.1, 0.15) is 0 Å². The van der Waals surface area contributed by atoms with Crippen LogP contribution in [0.3, 0.4) is 0 Å². The number of thioether (sulfide) groups is 1. The quantitative estimate of drug-likeness (QED) is 0.812. The number of nitrogens with zero attached hydrogens (tertiary/aromatic N) is 3. The third-order valence-electron chi connectivity index (χ3n) is 1.80. The molecular weight excluding hydrogens is 230 g/mol. The molecule has 0 saturated carbocycles. The van der Waals surface area contributed by atoms with E-state index in [1.165, 1.54) is 17.8 Å². The number of carbonyl (C=O) groups is 1. The minimum atomic E-state index is -1.06. The highest BCUT2D eigenvalue weighted by Gasteiger charge is 2.09. The fourth-order valence-electron chi connectivity index (χ4n) is 1.12. The lowest BCUT2D eigenvalue weighted by molar-refractivity contribution is 0.0656. The van der Waals surface area contributed by atoms with Gasteiger partial charge in [0, 0.05) is 19.0 Å². The zero-order valence-electron chi connectivity index (χ0n) is 8.45. The summed E-state index contributed by atoms with van der Waals surface area (Å²) in [6, 6.07) is 3.06. The first-order chi connectivity index (χ1) is 7.65. The Labute approximate surface area is 95.3 Å². The number of furan rings is 1. The number of carboxylic acids is 1. The van der Waals surface area contributed by atoms with Gasteiger partial charge in [-0.1, -0.05) is 17.0 Å². The van der Waals surface area contributed by atoms with E-state index < -0.39 is 5.97 Å². The zero-order valence-corrected chi connectivity index (χ0v) is 9.27. The van der Waals surface area contributed by atoms with E-state index in [1.54, 1.807) is 24.0 Å². The second kappa shape index (κ2) is 4.40. The van der Waals surface area contributed by atoms with Gasteiger partial charge < -0.3 is 9.52 Å². The average Bonchev–Trinajstić information content (AvgIpc) is 2.83. The summed E-state index contributed by atoms with van der Waals surface area (Å²) in [6.45, 7) is 0. The molecule has 7 heteroatoms. The maximum atomic E-state index is 10.6. The minimum absolute atomic E-state index is 0.0540. The van der Waals surface area contributed by atoms with Crippen LogP contribution in [0.4, 0.5) is 0 Å². The topological polar surface area (TPSA) is 81.2 Å². The molecule has 2 aromatic heterocycles. The fraction of sp³-hybridized carbons (Fsp3) is 0.222. The van der Waals surface area contributed by atoms with Crippen LogP contribution >= 0.6 is 11.8 Å². The van der Waals surface area contributed by atoms with E-state index in [2.05, 4.69) is 10.3 Å². The van der Waals surface area contributed by atoms with Crippen LogP contribution in [0.1, 0.15) is 16.2 Å². The normalized spacial score (nSPS) is 10.6.